The average molecular weight is 310 g/mol. The zero-order valence-corrected chi connectivity index (χ0v) is 13.2. The first-order chi connectivity index (χ1) is 10.6. The molecule has 0 bridgehead atoms. The van der Waals surface area contributed by atoms with Crippen LogP contribution in [0.2, 0.25) is 5.02 Å². The third kappa shape index (κ3) is 3.10. The molecule has 0 atom stereocenters. The van der Waals surface area contributed by atoms with Crippen molar-refractivity contribution in [3.05, 3.63) is 70.4 Å². The second-order valence-corrected chi connectivity index (χ2v) is 5.69. The Bertz CT molecular complexity index is 856. The highest BCUT2D eigenvalue weighted by Crippen LogP contribution is 2.24. The van der Waals surface area contributed by atoms with Crippen LogP contribution in [-0.2, 0) is 0 Å². The molecule has 2 aromatic carbocycles. The monoisotopic (exact) mass is 309 g/mol. The number of benzene rings is 2. The lowest BCUT2D eigenvalue weighted by atomic mass is 10.1. The van der Waals surface area contributed by atoms with Gasteiger partial charge in [0, 0.05) is 16.6 Å². The number of fused-ring (bicyclic) bond motifs is 1. The van der Waals surface area contributed by atoms with Crippen molar-refractivity contribution in [3.8, 4) is 0 Å². The Morgan fingerprint density at radius 3 is 2.77 bits per heavy atom. The summed E-state index contributed by atoms with van der Waals surface area (Å²) in [5.41, 5.74) is 8.39. The Balaban J connectivity index is 1.86. The van der Waals surface area contributed by atoms with Crippen molar-refractivity contribution in [1.82, 2.24) is 4.98 Å². The SMILES string of the molecule is Cc1ccc(/C=N/Nc2ccnc3cc(Cl)ccc23)c(C)c1. The van der Waals surface area contributed by atoms with E-state index in [0.29, 0.717) is 5.02 Å². The van der Waals surface area contributed by atoms with E-state index < -0.39 is 0 Å². The predicted octanol–water partition coefficient (Wildman–Crippen LogP) is 4.95. The highest BCUT2D eigenvalue weighted by atomic mass is 35.5. The number of hydrogen-bond donors (Lipinski definition) is 1. The number of halogens is 1. The fourth-order valence-electron chi connectivity index (χ4n) is 2.36. The molecular formula is C18H16ClN3. The van der Waals surface area contributed by atoms with E-state index in [4.69, 9.17) is 11.6 Å². The van der Waals surface area contributed by atoms with E-state index in [1.54, 1.807) is 6.20 Å². The van der Waals surface area contributed by atoms with Crippen molar-refractivity contribution >= 4 is 34.4 Å². The summed E-state index contributed by atoms with van der Waals surface area (Å²) < 4.78 is 0. The molecule has 1 heterocycles. The number of aromatic nitrogens is 1. The van der Waals surface area contributed by atoms with Crippen LogP contribution < -0.4 is 5.43 Å². The maximum atomic E-state index is 6.00. The normalized spacial score (nSPS) is 11.2. The predicted molar refractivity (Wildman–Crippen MR) is 93.9 cm³/mol. The summed E-state index contributed by atoms with van der Waals surface area (Å²) in [5, 5.41) is 6.01. The van der Waals surface area contributed by atoms with Gasteiger partial charge in [0.15, 0.2) is 0 Å². The van der Waals surface area contributed by atoms with Crippen LogP contribution in [0.15, 0.2) is 53.8 Å². The molecule has 3 rings (SSSR count). The summed E-state index contributed by atoms with van der Waals surface area (Å²) in [5.74, 6) is 0. The third-order valence-corrected chi connectivity index (χ3v) is 3.75. The molecule has 0 aliphatic heterocycles. The van der Waals surface area contributed by atoms with Crippen LogP contribution in [0.4, 0.5) is 5.69 Å². The van der Waals surface area contributed by atoms with Crippen LogP contribution >= 0.6 is 11.6 Å². The molecular weight excluding hydrogens is 294 g/mol. The Morgan fingerprint density at radius 1 is 1.09 bits per heavy atom. The molecule has 0 saturated heterocycles. The number of aryl methyl sites for hydroxylation is 2. The lowest BCUT2D eigenvalue weighted by Gasteiger charge is -2.06. The quantitative estimate of drug-likeness (QED) is 0.549. The maximum Gasteiger partial charge on any atom is 0.0738 e. The maximum absolute atomic E-state index is 6.00. The summed E-state index contributed by atoms with van der Waals surface area (Å²) >= 11 is 6.00. The largest absolute Gasteiger partial charge is 0.278 e. The number of hydrazone groups is 1. The van der Waals surface area contributed by atoms with E-state index >= 15 is 0 Å². The van der Waals surface area contributed by atoms with Crippen molar-refractivity contribution < 1.29 is 0 Å². The Hall–Kier alpha value is -2.39. The topological polar surface area (TPSA) is 37.3 Å². The van der Waals surface area contributed by atoms with Crippen molar-refractivity contribution in [2.75, 3.05) is 5.43 Å². The highest BCUT2D eigenvalue weighted by Gasteiger charge is 2.01. The average Bonchev–Trinajstić information content (AvgIpc) is 2.49. The third-order valence-electron chi connectivity index (χ3n) is 3.52. The summed E-state index contributed by atoms with van der Waals surface area (Å²) in [7, 11) is 0. The molecule has 0 aliphatic rings. The van der Waals surface area contributed by atoms with E-state index in [9.17, 15) is 0 Å². The van der Waals surface area contributed by atoms with Crippen molar-refractivity contribution in [2.45, 2.75) is 13.8 Å². The van der Waals surface area contributed by atoms with Crippen LogP contribution in [0.5, 0.6) is 0 Å². The number of rotatable bonds is 3. The first-order valence-electron chi connectivity index (χ1n) is 7.04. The van der Waals surface area contributed by atoms with Gasteiger partial charge in [-0.15, -0.1) is 0 Å². The Kier molecular flexibility index (Phi) is 4.07. The van der Waals surface area contributed by atoms with Gasteiger partial charge in [0.25, 0.3) is 0 Å². The number of hydrogen-bond acceptors (Lipinski definition) is 3. The van der Waals surface area contributed by atoms with E-state index in [1.165, 1.54) is 11.1 Å². The number of anilines is 1. The van der Waals surface area contributed by atoms with Gasteiger partial charge in [-0.2, -0.15) is 5.10 Å². The van der Waals surface area contributed by atoms with Crippen LogP contribution in [0, 0.1) is 13.8 Å². The van der Waals surface area contributed by atoms with E-state index in [-0.39, 0.29) is 0 Å². The van der Waals surface area contributed by atoms with Crippen LogP contribution in [0.25, 0.3) is 10.9 Å². The van der Waals surface area contributed by atoms with Crippen molar-refractivity contribution in [1.29, 1.82) is 0 Å². The molecule has 0 amide bonds. The van der Waals surface area contributed by atoms with Crippen LogP contribution in [0.1, 0.15) is 16.7 Å². The first kappa shape index (κ1) is 14.5. The molecule has 0 saturated carbocycles. The smallest absolute Gasteiger partial charge is 0.0738 e. The Labute approximate surface area is 134 Å². The van der Waals surface area contributed by atoms with E-state index in [1.807, 2.05) is 30.5 Å². The lowest BCUT2D eigenvalue weighted by molar-refractivity contribution is 1.32. The molecule has 22 heavy (non-hydrogen) atoms. The van der Waals surface area contributed by atoms with Gasteiger partial charge >= 0.3 is 0 Å². The van der Waals surface area contributed by atoms with Gasteiger partial charge in [-0.1, -0.05) is 35.4 Å². The number of pyridine rings is 1. The summed E-state index contributed by atoms with van der Waals surface area (Å²) in [6, 6.07) is 13.8. The van der Waals surface area contributed by atoms with Gasteiger partial charge in [0.05, 0.1) is 17.4 Å². The van der Waals surface area contributed by atoms with Gasteiger partial charge in [-0.3, -0.25) is 10.4 Å². The minimum atomic E-state index is 0.677. The molecule has 0 spiro atoms. The molecule has 3 aromatic rings. The summed E-state index contributed by atoms with van der Waals surface area (Å²) in [6.45, 7) is 4.17. The minimum Gasteiger partial charge on any atom is -0.278 e. The highest BCUT2D eigenvalue weighted by molar-refractivity contribution is 6.31. The van der Waals surface area contributed by atoms with Crippen LogP contribution in [0.3, 0.4) is 0 Å². The van der Waals surface area contributed by atoms with Gasteiger partial charge in [0.2, 0.25) is 0 Å². The van der Waals surface area contributed by atoms with Gasteiger partial charge < -0.3 is 0 Å². The molecule has 1 aromatic heterocycles. The molecule has 110 valence electrons. The number of nitrogens with one attached hydrogen (secondary N) is 1. The minimum absolute atomic E-state index is 0.677. The fourth-order valence-corrected chi connectivity index (χ4v) is 2.53. The molecule has 0 fully saturated rings. The summed E-state index contributed by atoms with van der Waals surface area (Å²) in [4.78, 5) is 4.32. The van der Waals surface area contributed by atoms with Gasteiger partial charge in [-0.25, -0.2) is 0 Å². The zero-order chi connectivity index (χ0) is 15.5. The van der Waals surface area contributed by atoms with E-state index in [2.05, 4.69) is 47.6 Å². The lowest BCUT2D eigenvalue weighted by Crippen LogP contribution is -1.94. The van der Waals surface area contributed by atoms with Gasteiger partial charge in [0.1, 0.15) is 0 Å². The van der Waals surface area contributed by atoms with Crippen molar-refractivity contribution in [3.63, 3.8) is 0 Å². The van der Waals surface area contributed by atoms with E-state index in [0.717, 1.165) is 22.2 Å². The molecule has 0 unspecified atom stereocenters. The number of nitrogens with zero attached hydrogens (tertiary/aromatic N) is 2. The van der Waals surface area contributed by atoms with Gasteiger partial charge in [-0.05, 0) is 49.2 Å². The Morgan fingerprint density at radius 2 is 1.95 bits per heavy atom. The standard InChI is InChI=1S/C18H16ClN3/c1-12-3-4-14(13(2)9-12)11-21-22-17-7-8-20-18-10-15(19)5-6-16(17)18/h3-11H,1-2H3,(H,20,22)/b21-11+. The molecule has 1 N–H and O–H groups in total. The first-order valence-corrected chi connectivity index (χ1v) is 7.42. The molecule has 0 radical (unpaired) electrons. The molecule has 3 nitrogen and oxygen atoms in total. The molecule has 0 aliphatic carbocycles. The van der Waals surface area contributed by atoms with Crippen LogP contribution in [-0.4, -0.2) is 11.2 Å². The summed E-state index contributed by atoms with van der Waals surface area (Å²) in [6.07, 6.45) is 3.57. The zero-order valence-electron chi connectivity index (χ0n) is 12.5. The second kappa shape index (κ2) is 6.16. The fraction of sp³-hybridized carbons (Fsp3) is 0.111. The van der Waals surface area contributed by atoms with Crippen molar-refractivity contribution in [2.24, 2.45) is 5.10 Å². The second-order valence-electron chi connectivity index (χ2n) is 5.25. The molecule has 4 heteroatoms.